The van der Waals surface area contributed by atoms with Gasteiger partial charge in [0.2, 0.25) is 0 Å². The lowest BCUT2D eigenvalue weighted by Crippen LogP contribution is -2.12. The maximum absolute atomic E-state index is 7.56. The Morgan fingerprint density at radius 2 is 1.81 bits per heavy atom. The molecule has 16 heavy (non-hydrogen) atoms. The molecule has 2 aromatic carbocycles. The Balaban J connectivity index is 2.65. The summed E-state index contributed by atoms with van der Waals surface area (Å²) in [5.41, 5.74) is 9.48. The molecular weight excluding hydrogens is 196 g/mol. The number of benzene rings is 2. The van der Waals surface area contributed by atoms with Crippen molar-refractivity contribution in [2.24, 2.45) is 5.73 Å². The van der Waals surface area contributed by atoms with Crippen molar-refractivity contribution in [2.75, 3.05) is 0 Å². The summed E-state index contributed by atoms with van der Waals surface area (Å²) >= 11 is 0. The lowest BCUT2D eigenvalue weighted by molar-refractivity contribution is 1.40. The van der Waals surface area contributed by atoms with Gasteiger partial charge in [0.25, 0.3) is 0 Å². The predicted octanol–water partition coefficient (Wildman–Crippen LogP) is 2.75. The molecule has 2 rings (SSSR count). The maximum atomic E-state index is 7.56. The second-order valence-electron chi connectivity index (χ2n) is 3.67. The van der Waals surface area contributed by atoms with Crippen LogP contribution < -0.4 is 5.73 Å². The number of nitrogens with two attached hydrogens (primary N) is 1. The zero-order chi connectivity index (χ0) is 11.5. The SMILES string of the molecule is Cc1[c]cccc1-c1ccccc1C(=N)N. The smallest absolute Gasteiger partial charge is 0.123 e. The van der Waals surface area contributed by atoms with Gasteiger partial charge in [0, 0.05) is 5.56 Å². The summed E-state index contributed by atoms with van der Waals surface area (Å²) < 4.78 is 0. The predicted molar refractivity (Wildman–Crippen MR) is 66.5 cm³/mol. The van der Waals surface area contributed by atoms with E-state index in [-0.39, 0.29) is 5.84 Å². The lowest BCUT2D eigenvalue weighted by atomic mass is 9.96. The normalized spacial score (nSPS) is 10.1. The van der Waals surface area contributed by atoms with Crippen molar-refractivity contribution in [2.45, 2.75) is 6.92 Å². The monoisotopic (exact) mass is 209 g/mol. The average Bonchev–Trinajstić information content (AvgIpc) is 2.29. The highest BCUT2D eigenvalue weighted by atomic mass is 14.7. The molecule has 0 aliphatic carbocycles. The van der Waals surface area contributed by atoms with Crippen LogP contribution >= 0.6 is 0 Å². The number of rotatable bonds is 2. The zero-order valence-corrected chi connectivity index (χ0v) is 9.12. The van der Waals surface area contributed by atoms with Crippen LogP contribution in [0.3, 0.4) is 0 Å². The van der Waals surface area contributed by atoms with Gasteiger partial charge in [-0.3, -0.25) is 5.41 Å². The van der Waals surface area contributed by atoms with E-state index in [0.717, 1.165) is 22.3 Å². The molecule has 2 aromatic rings. The van der Waals surface area contributed by atoms with E-state index in [4.69, 9.17) is 11.1 Å². The van der Waals surface area contributed by atoms with Gasteiger partial charge >= 0.3 is 0 Å². The van der Waals surface area contributed by atoms with E-state index >= 15 is 0 Å². The molecule has 0 fully saturated rings. The Morgan fingerprint density at radius 3 is 2.50 bits per heavy atom. The zero-order valence-electron chi connectivity index (χ0n) is 9.12. The number of nitrogens with one attached hydrogen (secondary N) is 1. The summed E-state index contributed by atoms with van der Waals surface area (Å²) in [5.74, 6) is 0.0962. The van der Waals surface area contributed by atoms with E-state index in [1.807, 2.05) is 49.4 Å². The van der Waals surface area contributed by atoms with Crippen LogP contribution in [-0.2, 0) is 0 Å². The summed E-state index contributed by atoms with van der Waals surface area (Å²) in [5, 5.41) is 7.56. The van der Waals surface area contributed by atoms with E-state index in [0.29, 0.717) is 0 Å². The van der Waals surface area contributed by atoms with E-state index < -0.39 is 0 Å². The van der Waals surface area contributed by atoms with Crippen LogP contribution in [0.1, 0.15) is 11.1 Å². The molecule has 3 N–H and O–H groups in total. The Morgan fingerprint density at radius 1 is 1.12 bits per heavy atom. The molecule has 2 nitrogen and oxygen atoms in total. The molecule has 0 atom stereocenters. The minimum absolute atomic E-state index is 0.0962. The van der Waals surface area contributed by atoms with Crippen molar-refractivity contribution < 1.29 is 0 Å². The molecule has 2 heteroatoms. The third-order valence-electron chi connectivity index (χ3n) is 2.57. The fourth-order valence-electron chi connectivity index (χ4n) is 1.76. The molecule has 0 aliphatic rings. The van der Waals surface area contributed by atoms with Crippen LogP contribution in [0.4, 0.5) is 0 Å². The molecule has 0 unspecified atom stereocenters. The van der Waals surface area contributed by atoms with Gasteiger partial charge in [0.05, 0.1) is 0 Å². The molecule has 1 radical (unpaired) electrons. The van der Waals surface area contributed by atoms with Crippen LogP contribution in [0.25, 0.3) is 11.1 Å². The highest BCUT2D eigenvalue weighted by molar-refractivity contribution is 6.01. The molecule has 0 aromatic heterocycles. The van der Waals surface area contributed by atoms with Crippen LogP contribution in [0.5, 0.6) is 0 Å². The minimum atomic E-state index is 0.0962. The second kappa shape index (κ2) is 4.19. The van der Waals surface area contributed by atoms with Crippen molar-refractivity contribution in [3.8, 4) is 11.1 Å². The first-order valence-electron chi connectivity index (χ1n) is 5.11. The fraction of sp³-hybridized carbons (Fsp3) is 0.0714. The topological polar surface area (TPSA) is 49.9 Å². The number of amidine groups is 1. The molecule has 0 aliphatic heterocycles. The molecule has 0 bridgehead atoms. The first kappa shape index (κ1) is 10.4. The molecule has 0 saturated carbocycles. The van der Waals surface area contributed by atoms with Gasteiger partial charge < -0.3 is 5.73 Å². The highest BCUT2D eigenvalue weighted by Crippen LogP contribution is 2.25. The van der Waals surface area contributed by atoms with Crippen molar-refractivity contribution in [1.82, 2.24) is 0 Å². The molecular formula is C14H13N2. The van der Waals surface area contributed by atoms with E-state index in [1.54, 1.807) is 0 Å². The number of nitrogen functional groups attached to an aromatic ring is 1. The number of aryl methyl sites for hydroxylation is 1. The molecule has 0 spiro atoms. The Hall–Kier alpha value is -2.09. The van der Waals surface area contributed by atoms with E-state index in [1.165, 1.54) is 0 Å². The van der Waals surface area contributed by atoms with E-state index in [2.05, 4.69) is 6.07 Å². The third kappa shape index (κ3) is 1.82. The number of hydrogen-bond acceptors (Lipinski definition) is 1. The Bertz CT molecular complexity index is 530. The molecule has 79 valence electrons. The average molecular weight is 209 g/mol. The minimum Gasteiger partial charge on any atom is -0.384 e. The van der Waals surface area contributed by atoms with Gasteiger partial charge in [0.1, 0.15) is 5.84 Å². The van der Waals surface area contributed by atoms with Gasteiger partial charge in [-0.2, -0.15) is 0 Å². The van der Waals surface area contributed by atoms with Crippen molar-refractivity contribution in [3.63, 3.8) is 0 Å². The van der Waals surface area contributed by atoms with Gasteiger partial charge in [-0.05, 0) is 29.7 Å². The van der Waals surface area contributed by atoms with Crippen LogP contribution in [0.15, 0.2) is 42.5 Å². The third-order valence-corrected chi connectivity index (χ3v) is 2.57. The summed E-state index contributed by atoms with van der Waals surface area (Å²) in [4.78, 5) is 0. The summed E-state index contributed by atoms with van der Waals surface area (Å²) in [7, 11) is 0. The number of hydrogen-bond donors (Lipinski definition) is 2. The first-order chi connectivity index (χ1) is 7.70. The van der Waals surface area contributed by atoms with Gasteiger partial charge in [0.15, 0.2) is 0 Å². The maximum Gasteiger partial charge on any atom is 0.123 e. The van der Waals surface area contributed by atoms with Crippen LogP contribution in [0.2, 0.25) is 0 Å². The Labute approximate surface area is 95.2 Å². The van der Waals surface area contributed by atoms with Gasteiger partial charge in [-0.1, -0.05) is 42.5 Å². The quantitative estimate of drug-likeness (QED) is 0.580. The summed E-state index contributed by atoms with van der Waals surface area (Å²) in [6.45, 7) is 2.01. The van der Waals surface area contributed by atoms with Crippen LogP contribution in [-0.4, -0.2) is 5.84 Å². The lowest BCUT2D eigenvalue weighted by Gasteiger charge is -2.10. The summed E-state index contributed by atoms with van der Waals surface area (Å²) in [6.07, 6.45) is 0. The largest absolute Gasteiger partial charge is 0.384 e. The van der Waals surface area contributed by atoms with Crippen molar-refractivity contribution in [3.05, 3.63) is 59.7 Å². The highest BCUT2D eigenvalue weighted by Gasteiger charge is 2.08. The molecule has 0 saturated heterocycles. The summed E-state index contributed by atoms with van der Waals surface area (Å²) in [6, 6.07) is 16.7. The second-order valence-corrected chi connectivity index (χ2v) is 3.67. The van der Waals surface area contributed by atoms with Crippen molar-refractivity contribution >= 4 is 5.84 Å². The van der Waals surface area contributed by atoms with Gasteiger partial charge in [-0.25, -0.2) is 0 Å². The Kier molecular flexibility index (Phi) is 2.73. The van der Waals surface area contributed by atoms with Crippen molar-refractivity contribution in [1.29, 1.82) is 5.41 Å². The standard InChI is InChI=1S/C14H13N2/c1-10-6-2-3-7-11(10)12-8-4-5-9-13(12)14(15)16/h2-5,7-9H,1H3,(H3,15,16). The fourth-order valence-corrected chi connectivity index (χ4v) is 1.76. The van der Waals surface area contributed by atoms with E-state index in [9.17, 15) is 0 Å². The molecule has 0 amide bonds. The molecule has 0 heterocycles. The van der Waals surface area contributed by atoms with Gasteiger partial charge in [-0.15, -0.1) is 0 Å². The van der Waals surface area contributed by atoms with Crippen LogP contribution in [0, 0.1) is 18.4 Å². The first-order valence-corrected chi connectivity index (χ1v) is 5.11.